The van der Waals surface area contributed by atoms with Gasteiger partial charge in [-0.3, -0.25) is 14.5 Å². The summed E-state index contributed by atoms with van der Waals surface area (Å²) in [7, 11) is 0. The Morgan fingerprint density at radius 3 is 2.80 bits per heavy atom. The minimum Gasteiger partial charge on any atom is -0.323 e. The number of nitrogens with one attached hydrogen (secondary N) is 1. The highest BCUT2D eigenvalue weighted by molar-refractivity contribution is 6.14. The lowest BCUT2D eigenvalue weighted by Crippen LogP contribution is -2.42. The van der Waals surface area contributed by atoms with Gasteiger partial charge >= 0.3 is 0 Å². The van der Waals surface area contributed by atoms with Gasteiger partial charge in [-0.2, -0.15) is 4.39 Å². The molecule has 1 aliphatic rings. The summed E-state index contributed by atoms with van der Waals surface area (Å²) in [5.41, 5.74) is 1.42. The molecule has 0 radical (unpaired) electrons. The Hall–Kier alpha value is -2.76. The highest BCUT2D eigenvalue weighted by atomic mass is 19.1. The highest BCUT2D eigenvalue weighted by Gasteiger charge is 2.27. The molecule has 0 fully saturated rings. The number of aromatic nitrogens is 1. The maximum absolute atomic E-state index is 12.8. The highest BCUT2D eigenvalue weighted by Crippen LogP contribution is 2.29. The standard InChI is InChI=1S/C14H10FN3O2/c15-12-6-5-9(7-16-12)14(20)18-8-13(19)17-10-3-1-2-4-11(10)18/h1-7H,8H2,(H,17,19). The minimum atomic E-state index is -0.654. The van der Waals surface area contributed by atoms with E-state index < -0.39 is 5.95 Å². The van der Waals surface area contributed by atoms with E-state index in [1.807, 2.05) is 0 Å². The van der Waals surface area contributed by atoms with Crippen molar-refractivity contribution in [1.29, 1.82) is 0 Å². The molecule has 2 aromatic rings. The van der Waals surface area contributed by atoms with E-state index in [-0.39, 0.29) is 23.9 Å². The van der Waals surface area contributed by atoms with Crippen LogP contribution >= 0.6 is 0 Å². The number of rotatable bonds is 1. The normalized spacial score (nSPS) is 13.7. The molecule has 20 heavy (non-hydrogen) atoms. The molecule has 0 atom stereocenters. The van der Waals surface area contributed by atoms with Crippen LogP contribution in [0.3, 0.4) is 0 Å². The molecule has 5 nitrogen and oxygen atoms in total. The van der Waals surface area contributed by atoms with E-state index >= 15 is 0 Å². The molecule has 2 heterocycles. The van der Waals surface area contributed by atoms with E-state index in [4.69, 9.17) is 0 Å². The molecule has 2 amide bonds. The van der Waals surface area contributed by atoms with Gasteiger partial charge in [0.25, 0.3) is 5.91 Å². The molecule has 0 bridgehead atoms. The van der Waals surface area contributed by atoms with Crippen molar-refractivity contribution in [2.75, 3.05) is 16.8 Å². The molecule has 0 saturated carbocycles. The summed E-state index contributed by atoms with van der Waals surface area (Å²) in [6, 6.07) is 9.47. The predicted octanol–water partition coefficient (Wildman–Crippen LogP) is 1.82. The van der Waals surface area contributed by atoms with Crippen LogP contribution in [0.15, 0.2) is 42.6 Å². The van der Waals surface area contributed by atoms with Gasteiger partial charge in [0.15, 0.2) is 0 Å². The molecule has 0 spiro atoms. The zero-order chi connectivity index (χ0) is 14.1. The Bertz CT molecular complexity index is 685. The zero-order valence-electron chi connectivity index (χ0n) is 10.3. The number of para-hydroxylation sites is 2. The number of halogens is 1. The number of amides is 2. The molecule has 3 rings (SSSR count). The number of carbonyl (C=O) groups excluding carboxylic acids is 2. The lowest BCUT2D eigenvalue weighted by molar-refractivity contribution is -0.115. The summed E-state index contributed by atoms with van der Waals surface area (Å²) in [5, 5.41) is 2.70. The molecule has 1 aromatic heterocycles. The number of pyridine rings is 1. The van der Waals surface area contributed by atoms with Crippen molar-refractivity contribution in [3.63, 3.8) is 0 Å². The molecule has 0 aliphatic carbocycles. The van der Waals surface area contributed by atoms with E-state index in [1.54, 1.807) is 24.3 Å². The van der Waals surface area contributed by atoms with E-state index in [0.29, 0.717) is 11.4 Å². The lowest BCUT2D eigenvalue weighted by atomic mass is 10.1. The second-order valence-electron chi connectivity index (χ2n) is 4.33. The summed E-state index contributed by atoms with van der Waals surface area (Å²) in [6.07, 6.45) is 1.16. The maximum atomic E-state index is 12.8. The van der Waals surface area contributed by atoms with Crippen LogP contribution in [0.4, 0.5) is 15.8 Å². The van der Waals surface area contributed by atoms with Gasteiger partial charge in [-0.1, -0.05) is 12.1 Å². The minimum absolute atomic E-state index is 0.0762. The fourth-order valence-electron chi connectivity index (χ4n) is 2.07. The maximum Gasteiger partial charge on any atom is 0.260 e. The SMILES string of the molecule is O=C1CN(C(=O)c2ccc(F)nc2)c2ccccc2N1. The van der Waals surface area contributed by atoms with Gasteiger partial charge in [-0.05, 0) is 24.3 Å². The van der Waals surface area contributed by atoms with Crippen molar-refractivity contribution in [1.82, 2.24) is 4.98 Å². The van der Waals surface area contributed by atoms with E-state index in [1.165, 1.54) is 11.0 Å². The van der Waals surface area contributed by atoms with Crippen LogP contribution in [-0.2, 0) is 4.79 Å². The fourth-order valence-corrected chi connectivity index (χ4v) is 2.07. The van der Waals surface area contributed by atoms with Crippen molar-refractivity contribution in [3.8, 4) is 0 Å². The van der Waals surface area contributed by atoms with Gasteiger partial charge in [-0.15, -0.1) is 0 Å². The summed E-state index contributed by atoms with van der Waals surface area (Å²) in [4.78, 5) is 28.9. The molecule has 1 N–H and O–H groups in total. The molecule has 0 unspecified atom stereocenters. The average Bonchev–Trinajstić information content (AvgIpc) is 2.46. The van der Waals surface area contributed by atoms with Gasteiger partial charge < -0.3 is 5.32 Å². The topological polar surface area (TPSA) is 62.3 Å². The van der Waals surface area contributed by atoms with E-state index in [9.17, 15) is 14.0 Å². The third kappa shape index (κ3) is 2.11. The van der Waals surface area contributed by atoms with Gasteiger partial charge in [0.05, 0.1) is 16.9 Å². The third-order valence-electron chi connectivity index (χ3n) is 2.99. The monoisotopic (exact) mass is 271 g/mol. The number of nitrogens with zero attached hydrogens (tertiary/aromatic N) is 2. The Labute approximate surface area is 114 Å². The van der Waals surface area contributed by atoms with Gasteiger partial charge in [-0.25, -0.2) is 4.98 Å². The summed E-state index contributed by atoms with van der Waals surface area (Å²) in [5.74, 6) is -1.31. The molecule has 1 aliphatic heterocycles. The number of anilines is 2. The third-order valence-corrected chi connectivity index (χ3v) is 2.99. The molecular weight excluding hydrogens is 261 g/mol. The van der Waals surface area contributed by atoms with Crippen molar-refractivity contribution in [2.45, 2.75) is 0 Å². The van der Waals surface area contributed by atoms with Crippen LogP contribution in [0, 0.1) is 5.95 Å². The summed E-state index contributed by atoms with van der Waals surface area (Å²) in [6.45, 7) is -0.0762. The van der Waals surface area contributed by atoms with Crippen LogP contribution < -0.4 is 10.2 Å². The fraction of sp³-hybridized carbons (Fsp3) is 0.0714. The molecule has 6 heteroatoms. The Morgan fingerprint density at radius 2 is 2.05 bits per heavy atom. The second-order valence-corrected chi connectivity index (χ2v) is 4.33. The van der Waals surface area contributed by atoms with Crippen LogP contribution in [-0.4, -0.2) is 23.3 Å². The molecular formula is C14H10FN3O2. The van der Waals surface area contributed by atoms with Crippen LogP contribution in [0.1, 0.15) is 10.4 Å². The molecule has 1 aromatic carbocycles. The first-order valence-electron chi connectivity index (χ1n) is 5.97. The Balaban J connectivity index is 1.99. The van der Waals surface area contributed by atoms with Crippen molar-refractivity contribution in [2.24, 2.45) is 0 Å². The Kier molecular flexibility index (Phi) is 2.90. The van der Waals surface area contributed by atoms with Gasteiger partial charge in [0, 0.05) is 6.20 Å². The van der Waals surface area contributed by atoms with E-state index in [0.717, 1.165) is 12.3 Å². The first kappa shape index (κ1) is 12.3. The first-order valence-corrected chi connectivity index (χ1v) is 5.97. The quantitative estimate of drug-likeness (QED) is 0.805. The second kappa shape index (κ2) is 4.73. The Morgan fingerprint density at radius 1 is 1.25 bits per heavy atom. The number of fused-ring (bicyclic) bond motifs is 1. The smallest absolute Gasteiger partial charge is 0.260 e. The summed E-state index contributed by atoms with van der Waals surface area (Å²) < 4.78 is 12.8. The largest absolute Gasteiger partial charge is 0.323 e. The van der Waals surface area contributed by atoms with Gasteiger partial charge in [0.1, 0.15) is 6.54 Å². The number of hydrogen-bond acceptors (Lipinski definition) is 3. The lowest BCUT2D eigenvalue weighted by Gasteiger charge is -2.29. The average molecular weight is 271 g/mol. The molecule has 0 saturated heterocycles. The number of benzene rings is 1. The predicted molar refractivity (Wildman–Crippen MR) is 70.9 cm³/mol. The van der Waals surface area contributed by atoms with Crippen molar-refractivity contribution in [3.05, 3.63) is 54.1 Å². The number of carbonyl (C=O) groups is 2. The summed E-state index contributed by atoms with van der Waals surface area (Å²) >= 11 is 0. The van der Waals surface area contributed by atoms with Crippen LogP contribution in [0.2, 0.25) is 0 Å². The van der Waals surface area contributed by atoms with Crippen LogP contribution in [0.5, 0.6) is 0 Å². The van der Waals surface area contributed by atoms with Crippen molar-refractivity contribution < 1.29 is 14.0 Å². The van der Waals surface area contributed by atoms with Crippen molar-refractivity contribution >= 4 is 23.2 Å². The van der Waals surface area contributed by atoms with E-state index in [2.05, 4.69) is 10.3 Å². The van der Waals surface area contributed by atoms with Crippen LogP contribution in [0.25, 0.3) is 0 Å². The number of hydrogen-bond donors (Lipinski definition) is 1. The van der Waals surface area contributed by atoms with Gasteiger partial charge in [0.2, 0.25) is 11.9 Å². The molecule has 100 valence electrons. The first-order chi connectivity index (χ1) is 9.65. The zero-order valence-corrected chi connectivity index (χ0v) is 10.3.